The van der Waals surface area contributed by atoms with Crippen molar-refractivity contribution in [3.8, 4) is 5.75 Å². The molecule has 0 heterocycles. The zero-order chi connectivity index (χ0) is 17.8. The fraction of sp³-hybridized carbons (Fsp3) is 0.214. The molecule has 1 aromatic rings. The Labute approximate surface area is 131 Å². The number of hydrogen-bond donors (Lipinski definition) is 0. The van der Waals surface area contributed by atoms with Crippen molar-refractivity contribution < 1.29 is 35.3 Å². The minimum atomic E-state index is -5.85. The normalized spacial score (nSPS) is 12.7. The highest BCUT2D eigenvalue weighted by Crippen LogP contribution is 2.30. The van der Waals surface area contributed by atoms with Crippen LogP contribution in [-0.2, 0) is 14.9 Å². The van der Waals surface area contributed by atoms with Gasteiger partial charge in [-0.3, -0.25) is 4.79 Å². The maximum absolute atomic E-state index is 12.3. The van der Waals surface area contributed by atoms with Gasteiger partial charge in [-0.2, -0.15) is 21.6 Å². The van der Waals surface area contributed by atoms with Crippen molar-refractivity contribution in [2.75, 3.05) is 7.11 Å². The molecule has 126 valence electrons. The number of allylic oxidation sites excluding steroid dienone is 2. The van der Waals surface area contributed by atoms with Crippen LogP contribution in [0.5, 0.6) is 5.75 Å². The SMILES string of the molecule is C=C(/C=C(\C)c1ccc(OS(=O)(=O)C(F)(F)F)c(C=O)c1)OC. The number of aldehydes is 1. The number of alkyl halides is 3. The minimum Gasteiger partial charge on any atom is -0.497 e. The van der Waals surface area contributed by atoms with Crippen molar-refractivity contribution in [2.24, 2.45) is 0 Å². The molecule has 0 unspecified atom stereocenters. The van der Waals surface area contributed by atoms with Gasteiger partial charge in [-0.05, 0) is 36.3 Å². The molecule has 0 fully saturated rings. The van der Waals surface area contributed by atoms with E-state index in [2.05, 4.69) is 10.8 Å². The van der Waals surface area contributed by atoms with Crippen molar-refractivity contribution in [3.05, 3.63) is 47.7 Å². The summed E-state index contributed by atoms with van der Waals surface area (Å²) in [5.74, 6) is -0.380. The minimum absolute atomic E-state index is 0.198. The van der Waals surface area contributed by atoms with E-state index in [0.717, 1.165) is 6.07 Å². The predicted octanol–water partition coefficient (Wildman–Crippen LogP) is 3.29. The third kappa shape index (κ3) is 4.59. The zero-order valence-electron chi connectivity index (χ0n) is 12.2. The van der Waals surface area contributed by atoms with Gasteiger partial charge in [0.25, 0.3) is 0 Å². The van der Waals surface area contributed by atoms with Crippen molar-refractivity contribution in [2.45, 2.75) is 12.4 Å². The molecular formula is C14H13F3O5S. The quantitative estimate of drug-likeness (QED) is 0.259. The Bertz CT molecular complexity index is 748. The van der Waals surface area contributed by atoms with Crippen LogP contribution in [0.25, 0.3) is 5.57 Å². The molecule has 9 heteroatoms. The van der Waals surface area contributed by atoms with Crippen molar-refractivity contribution in [3.63, 3.8) is 0 Å². The van der Waals surface area contributed by atoms with E-state index in [1.54, 1.807) is 6.92 Å². The Morgan fingerprint density at radius 1 is 1.30 bits per heavy atom. The van der Waals surface area contributed by atoms with Gasteiger partial charge >= 0.3 is 15.6 Å². The molecule has 0 amide bonds. The lowest BCUT2D eigenvalue weighted by Gasteiger charge is -2.12. The lowest BCUT2D eigenvalue weighted by atomic mass is 10.0. The largest absolute Gasteiger partial charge is 0.534 e. The van der Waals surface area contributed by atoms with Crippen LogP contribution in [0.4, 0.5) is 13.2 Å². The van der Waals surface area contributed by atoms with E-state index < -0.39 is 21.4 Å². The van der Waals surface area contributed by atoms with Gasteiger partial charge in [-0.15, -0.1) is 0 Å². The highest BCUT2D eigenvalue weighted by molar-refractivity contribution is 7.88. The van der Waals surface area contributed by atoms with E-state index in [1.807, 2.05) is 0 Å². The summed E-state index contributed by atoms with van der Waals surface area (Å²) < 4.78 is 67.7. The summed E-state index contributed by atoms with van der Waals surface area (Å²) in [5.41, 5.74) is -4.86. The van der Waals surface area contributed by atoms with Gasteiger partial charge in [0.2, 0.25) is 0 Å². The summed E-state index contributed by atoms with van der Waals surface area (Å²) in [5, 5.41) is 0. The van der Waals surface area contributed by atoms with E-state index in [0.29, 0.717) is 16.9 Å². The number of methoxy groups -OCH3 is 1. The number of carbonyl (C=O) groups is 1. The van der Waals surface area contributed by atoms with Crippen LogP contribution in [0.2, 0.25) is 0 Å². The topological polar surface area (TPSA) is 69.7 Å². The number of ether oxygens (including phenoxy) is 1. The molecular weight excluding hydrogens is 337 g/mol. The van der Waals surface area contributed by atoms with Gasteiger partial charge in [-0.25, -0.2) is 0 Å². The van der Waals surface area contributed by atoms with Crippen molar-refractivity contribution in [1.29, 1.82) is 0 Å². The number of benzene rings is 1. The summed E-state index contributed by atoms with van der Waals surface area (Å²) in [6.07, 6.45) is 1.74. The van der Waals surface area contributed by atoms with Crippen molar-refractivity contribution >= 4 is 22.0 Å². The maximum Gasteiger partial charge on any atom is 0.534 e. The predicted molar refractivity (Wildman–Crippen MR) is 77.2 cm³/mol. The highest BCUT2D eigenvalue weighted by atomic mass is 32.2. The van der Waals surface area contributed by atoms with E-state index >= 15 is 0 Å². The molecule has 0 saturated carbocycles. The summed E-state index contributed by atoms with van der Waals surface area (Å²) in [6.45, 7) is 5.23. The summed E-state index contributed by atoms with van der Waals surface area (Å²) in [7, 11) is -4.44. The monoisotopic (exact) mass is 350 g/mol. The molecule has 1 aromatic carbocycles. The van der Waals surface area contributed by atoms with E-state index in [4.69, 9.17) is 4.74 Å². The second-order valence-corrected chi connectivity index (χ2v) is 5.89. The Balaban J connectivity index is 3.24. The van der Waals surface area contributed by atoms with Crippen LogP contribution in [0.3, 0.4) is 0 Å². The smallest absolute Gasteiger partial charge is 0.497 e. The highest BCUT2D eigenvalue weighted by Gasteiger charge is 2.48. The fourth-order valence-electron chi connectivity index (χ4n) is 1.51. The third-order valence-electron chi connectivity index (χ3n) is 2.71. The van der Waals surface area contributed by atoms with Crippen LogP contribution in [-0.4, -0.2) is 27.3 Å². The standard InChI is InChI=1S/C14H13F3O5S/c1-9(6-10(2)21-3)11-4-5-13(12(7-11)8-18)22-23(19,20)14(15,16)17/h4-8H,2H2,1,3H3/b9-6+. The number of carbonyl (C=O) groups excluding carboxylic acids is 1. The first kappa shape index (κ1) is 18.8. The molecule has 0 N–H and O–H groups in total. The van der Waals surface area contributed by atoms with E-state index in [9.17, 15) is 26.4 Å². The van der Waals surface area contributed by atoms with Gasteiger partial charge in [0, 0.05) is 0 Å². The molecule has 23 heavy (non-hydrogen) atoms. The lowest BCUT2D eigenvalue weighted by molar-refractivity contribution is -0.0500. The molecule has 0 saturated heterocycles. The first-order valence-electron chi connectivity index (χ1n) is 6.03. The van der Waals surface area contributed by atoms with Crippen molar-refractivity contribution in [1.82, 2.24) is 0 Å². The Hall–Kier alpha value is -2.29. The molecule has 0 bridgehead atoms. The molecule has 1 rings (SSSR count). The number of halogens is 3. The van der Waals surface area contributed by atoms with Crippen LogP contribution in [0.1, 0.15) is 22.8 Å². The van der Waals surface area contributed by atoms with Gasteiger partial charge in [-0.1, -0.05) is 12.6 Å². The van der Waals surface area contributed by atoms with Gasteiger partial charge < -0.3 is 8.92 Å². The summed E-state index contributed by atoms with van der Waals surface area (Å²) in [6, 6.07) is 3.47. The molecule has 5 nitrogen and oxygen atoms in total. The fourth-order valence-corrected chi connectivity index (χ4v) is 1.99. The van der Waals surface area contributed by atoms with E-state index in [-0.39, 0.29) is 11.8 Å². The molecule has 0 aliphatic rings. The van der Waals surface area contributed by atoms with Crippen LogP contribution in [0, 0.1) is 0 Å². The second-order valence-electron chi connectivity index (χ2n) is 4.35. The molecule has 0 radical (unpaired) electrons. The molecule has 0 aliphatic carbocycles. The first-order valence-corrected chi connectivity index (χ1v) is 7.44. The Morgan fingerprint density at radius 2 is 1.91 bits per heavy atom. The first-order chi connectivity index (χ1) is 10.5. The zero-order valence-corrected chi connectivity index (χ0v) is 13.0. The molecule has 0 spiro atoms. The average Bonchev–Trinajstić information content (AvgIpc) is 2.45. The molecule has 0 atom stereocenters. The van der Waals surface area contributed by atoms with Gasteiger partial charge in [0.1, 0.15) is 5.76 Å². The summed E-state index contributed by atoms with van der Waals surface area (Å²) in [4.78, 5) is 11.0. The summed E-state index contributed by atoms with van der Waals surface area (Å²) >= 11 is 0. The van der Waals surface area contributed by atoms with Crippen LogP contribution >= 0.6 is 0 Å². The van der Waals surface area contributed by atoms with E-state index in [1.165, 1.54) is 25.3 Å². The number of rotatable bonds is 6. The second kappa shape index (κ2) is 6.86. The average molecular weight is 350 g/mol. The lowest BCUT2D eigenvalue weighted by Crippen LogP contribution is -2.28. The number of hydrogen-bond acceptors (Lipinski definition) is 5. The van der Waals surface area contributed by atoms with Crippen LogP contribution in [0.15, 0.2) is 36.6 Å². The molecule has 0 aromatic heterocycles. The molecule has 0 aliphatic heterocycles. The Morgan fingerprint density at radius 3 is 2.39 bits per heavy atom. The Kier molecular flexibility index (Phi) is 5.60. The van der Waals surface area contributed by atoms with Gasteiger partial charge in [0.05, 0.1) is 12.7 Å². The van der Waals surface area contributed by atoms with Crippen LogP contribution < -0.4 is 4.18 Å². The maximum atomic E-state index is 12.3. The third-order valence-corrected chi connectivity index (χ3v) is 3.68. The van der Waals surface area contributed by atoms with Gasteiger partial charge in [0.15, 0.2) is 12.0 Å².